The maximum absolute atomic E-state index is 10.9. The molecule has 0 spiro atoms. The molecule has 96 valence electrons. The van der Waals surface area contributed by atoms with Crippen molar-refractivity contribution in [1.29, 1.82) is 0 Å². The fourth-order valence-corrected chi connectivity index (χ4v) is 2.13. The molecule has 0 atom stereocenters. The van der Waals surface area contributed by atoms with E-state index in [0.717, 1.165) is 22.8 Å². The molecule has 19 heavy (non-hydrogen) atoms. The van der Waals surface area contributed by atoms with Crippen LogP contribution in [0.15, 0.2) is 35.0 Å². The maximum atomic E-state index is 10.9. The van der Waals surface area contributed by atoms with Crippen LogP contribution in [0, 0.1) is 13.8 Å². The van der Waals surface area contributed by atoms with Crippen molar-refractivity contribution < 1.29 is 14.3 Å². The Morgan fingerprint density at radius 3 is 2.74 bits per heavy atom. The number of hydrogen-bond acceptors (Lipinski definition) is 3. The standard InChI is InChI=1S/C14H12N2O3/c1-8-5-11(9(2)19-8)12-7-16-6-10(14(17)18)3-4-13(16)15-12/h3-7H,1-2H3,(H,17,18). The quantitative estimate of drug-likeness (QED) is 0.765. The van der Waals surface area contributed by atoms with E-state index in [9.17, 15) is 4.79 Å². The minimum Gasteiger partial charge on any atom is -0.478 e. The van der Waals surface area contributed by atoms with Crippen molar-refractivity contribution >= 4 is 11.6 Å². The SMILES string of the molecule is Cc1cc(-c2cn3cc(C(=O)O)ccc3n2)c(C)o1. The monoisotopic (exact) mass is 256 g/mol. The van der Waals surface area contributed by atoms with Crippen LogP contribution in [0.1, 0.15) is 21.9 Å². The second-order valence-electron chi connectivity index (χ2n) is 4.44. The van der Waals surface area contributed by atoms with E-state index in [-0.39, 0.29) is 5.56 Å². The summed E-state index contributed by atoms with van der Waals surface area (Å²) in [6.07, 6.45) is 3.36. The first kappa shape index (κ1) is 11.5. The molecule has 3 aromatic rings. The van der Waals surface area contributed by atoms with Gasteiger partial charge in [0.1, 0.15) is 17.2 Å². The third-order valence-electron chi connectivity index (χ3n) is 3.01. The minimum atomic E-state index is -0.951. The number of imidazole rings is 1. The first-order valence-corrected chi connectivity index (χ1v) is 5.84. The summed E-state index contributed by atoms with van der Waals surface area (Å²) in [7, 11) is 0. The predicted molar refractivity (Wildman–Crippen MR) is 69.3 cm³/mol. The summed E-state index contributed by atoms with van der Waals surface area (Å²) >= 11 is 0. The lowest BCUT2D eigenvalue weighted by atomic mass is 10.2. The summed E-state index contributed by atoms with van der Waals surface area (Å²) in [6.45, 7) is 3.77. The van der Waals surface area contributed by atoms with Crippen LogP contribution in [-0.2, 0) is 0 Å². The lowest BCUT2D eigenvalue weighted by molar-refractivity contribution is 0.0696. The van der Waals surface area contributed by atoms with Gasteiger partial charge in [-0.05, 0) is 32.0 Å². The Morgan fingerprint density at radius 1 is 1.32 bits per heavy atom. The molecule has 0 saturated carbocycles. The van der Waals surface area contributed by atoms with Crippen molar-refractivity contribution in [2.75, 3.05) is 0 Å². The van der Waals surface area contributed by atoms with Crippen molar-refractivity contribution in [2.24, 2.45) is 0 Å². The summed E-state index contributed by atoms with van der Waals surface area (Å²) in [5.41, 5.74) is 2.64. The highest BCUT2D eigenvalue weighted by atomic mass is 16.4. The van der Waals surface area contributed by atoms with E-state index in [2.05, 4.69) is 4.98 Å². The molecule has 0 aromatic carbocycles. The van der Waals surface area contributed by atoms with Gasteiger partial charge in [-0.2, -0.15) is 0 Å². The molecule has 5 heteroatoms. The second-order valence-corrected chi connectivity index (χ2v) is 4.44. The molecule has 0 aliphatic carbocycles. The van der Waals surface area contributed by atoms with Gasteiger partial charge in [-0.15, -0.1) is 0 Å². The Kier molecular flexibility index (Phi) is 2.41. The molecule has 0 unspecified atom stereocenters. The van der Waals surface area contributed by atoms with Crippen LogP contribution in [0.4, 0.5) is 0 Å². The van der Waals surface area contributed by atoms with E-state index in [0.29, 0.717) is 5.65 Å². The second kappa shape index (κ2) is 3.98. The number of carbonyl (C=O) groups is 1. The van der Waals surface area contributed by atoms with E-state index < -0.39 is 5.97 Å². The van der Waals surface area contributed by atoms with E-state index >= 15 is 0 Å². The zero-order chi connectivity index (χ0) is 13.6. The molecular weight excluding hydrogens is 244 g/mol. The Bertz CT molecular complexity index is 783. The third kappa shape index (κ3) is 1.89. The van der Waals surface area contributed by atoms with Crippen molar-refractivity contribution in [1.82, 2.24) is 9.38 Å². The molecule has 0 aliphatic rings. The van der Waals surface area contributed by atoms with E-state index in [1.54, 1.807) is 28.9 Å². The molecule has 1 N–H and O–H groups in total. The number of furan rings is 1. The lowest BCUT2D eigenvalue weighted by Crippen LogP contribution is -1.97. The molecule has 3 aromatic heterocycles. The van der Waals surface area contributed by atoms with Crippen molar-refractivity contribution in [3.05, 3.63) is 47.7 Å². The summed E-state index contributed by atoms with van der Waals surface area (Å²) < 4.78 is 7.19. The van der Waals surface area contributed by atoms with Crippen LogP contribution in [0.25, 0.3) is 16.9 Å². The van der Waals surface area contributed by atoms with Crippen LogP contribution >= 0.6 is 0 Å². The molecule has 3 heterocycles. The first-order chi connectivity index (χ1) is 9.04. The molecule has 0 amide bonds. The van der Waals surface area contributed by atoms with Gasteiger partial charge in [0.25, 0.3) is 0 Å². The molecule has 0 fully saturated rings. The lowest BCUT2D eigenvalue weighted by Gasteiger charge is -1.95. The van der Waals surface area contributed by atoms with Crippen LogP contribution < -0.4 is 0 Å². The average Bonchev–Trinajstić information content (AvgIpc) is 2.90. The van der Waals surface area contributed by atoms with Gasteiger partial charge in [-0.25, -0.2) is 9.78 Å². The fraction of sp³-hybridized carbons (Fsp3) is 0.143. The van der Waals surface area contributed by atoms with Crippen LogP contribution in [0.2, 0.25) is 0 Å². The zero-order valence-corrected chi connectivity index (χ0v) is 10.5. The van der Waals surface area contributed by atoms with Crippen molar-refractivity contribution in [3.8, 4) is 11.3 Å². The summed E-state index contributed by atoms with van der Waals surface area (Å²) in [5.74, 6) is 0.683. The van der Waals surface area contributed by atoms with Crippen molar-refractivity contribution in [2.45, 2.75) is 13.8 Å². The van der Waals surface area contributed by atoms with Gasteiger partial charge >= 0.3 is 5.97 Å². The number of nitrogens with zero attached hydrogens (tertiary/aromatic N) is 2. The largest absolute Gasteiger partial charge is 0.478 e. The molecule has 0 saturated heterocycles. The Balaban J connectivity index is 2.16. The number of aromatic carboxylic acids is 1. The molecule has 3 rings (SSSR count). The topological polar surface area (TPSA) is 67.7 Å². The molecular formula is C14H12N2O3. The number of hydrogen-bond donors (Lipinski definition) is 1. The predicted octanol–water partition coefficient (Wildman–Crippen LogP) is 2.91. The maximum Gasteiger partial charge on any atom is 0.337 e. The van der Waals surface area contributed by atoms with Gasteiger partial charge in [0.05, 0.1) is 11.3 Å². The van der Waals surface area contributed by atoms with Gasteiger partial charge in [-0.1, -0.05) is 0 Å². The van der Waals surface area contributed by atoms with Gasteiger partial charge in [0.15, 0.2) is 0 Å². The number of pyridine rings is 1. The highest BCUT2D eigenvalue weighted by Crippen LogP contribution is 2.26. The summed E-state index contributed by atoms with van der Waals surface area (Å²) in [5, 5.41) is 8.97. The smallest absolute Gasteiger partial charge is 0.337 e. The Hall–Kier alpha value is -2.56. The fourth-order valence-electron chi connectivity index (χ4n) is 2.13. The van der Waals surface area contributed by atoms with Gasteiger partial charge in [0, 0.05) is 18.0 Å². The number of aryl methyl sites for hydroxylation is 2. The number of aromatic nitrogens is 2. The first-order valence-electron chi connectivity index (χ1n) is 5.84. The average molecular weight is 256 g/mol. The van der Waals surface area contributed by atoms with Gasteiger partial charge in [0.2, 0.25) is 0 Å². The Morgan fingerprint density at radius 2 is 2.11 bits per heavy atom. The minimum absolute atomic E-state index is 0.233. The van der Waals surface area contributed by atoms with Gasteiger partial charge < -0.3 is 13.9 Å². The van der Waals surface area contributed by atoms with E-state index in [1.807, 2.05) is 19.9 Å². The van der Waals surface area contributed by atoms with E-state index in [4.69, 9.17) is 9.52 Å². The highest BCUT2D eigenvalue weighted by Gasteiger charge is 2.12. The van der Waals surface area contributed by atoms with Gasteiger partial charge in [-0.3, -0.25) is 0 Å². The third-order valence-corrected chi connectivity index (χ3v) is 3.01. The number of carboxylic acids is 1. The van der Waals surface area contributed by atoms with Crippen LogP contribution in [0.5, 0.6) is 0 Å². The Labute approximate surface area is 109 Å². The number of fused-ring (bicyclic) bond motifs is 1. The number of carboxylic acid groups (broad SMARTS) is 1. The van der Waals surface area contributed by atoms with Crippen molar-refractivity contribution in [3.63, 3.8) is 0 Å². The molecule has 5 nitrogen and oxygen atoms in total. The summed E-state index contributed by atoms with van der Waals surface area (Å²) in [6, 6.07) is 5.16. The normalized spacial score (nSPS) is 11.1. The van der Waals surface area contributed by atoms with Crippen LogP contribution in [0.3, 0.4) is 0 Å². The molecule has 0 bridgehead atoms. The molecule has 0 radical (unpaired) electrons. The van der Waals surface area contributed by atoms with E-state index in [1.165, 1.54) is 0 Å². The zero-order valence-electron chi connectivity index (χ0n) is 10.5. The number of rotatable bonds is 2. The molecule has 0 aliphatic heterocycles. The summed E-state index contributed by atoms with van der Waals surface area (Å²) in [4.78, 5) is 15.4. The van der Waals surface area contributed by atoms with Crippen LogP contribution in [-0.4, -0.2) is 20.5 Å². The highest BCUT2D eigenvalue weighted by molar-refractivity contribution is 5.87.